The molecular weight excluding hydrogens is 324 g/mol. The molecule has 3 heterocycles. The van der Waals surface area contributed by atoms with Gasteiger partial charge in [-0.05, 0) is 13.8 Å². The lowest BCUT2D eigenvalue weighted by Gasteiger charge is -2.34. The number of rotatable bonds is 4. The standard InChI is InChI=1S/C16H24N6OS/c1-4-17-16(19-9-14-8-18-12(2)24-14)22-5-6-23-15(11-22)13-7-20-21(3)10-13/h7-8,10,15H,4-6,9,11H2,1-3H3,(H,17,19). The van der Waals surface area contributed by atoms with E-state index >= 15 is 0 Å². The van der Waals surface area contributed by atoms with E-state index in [1.165, 1.54) is 4.88 Å². The highest BCUT2D eigenvalue weighted by Crippen LogP contribution is 2.22. The van der Waals surface area contributed by atoms with Crippen molar-refractivity contribution < 1.29 is 4.74 Å². The summed E-state index contributed by atoms with van der Waals surface area (Å²) in [6.07, 6.45) is 5.82. The lowest BCUT2D eigenvalue weighted by Crippen LogP contribution is -2.48. The van der Waals surface area contributed by atoms with Crippen molar-refractivity contribution in [3.63, 3.8) is 0 Å². The predicted molar refractivity (Wildman–Crippen MR) is 95.1 cm³/mol. The summed E-state index contributed by atoms with van der Waals surface area (Å²) < 4.78 is 7.72. The van der Waals surface area contributed by atoms with Gasteiger partial charge in [0.1, 0.15) is 6.10 Å². The third-order valence-electron chi connectivity index (χ3n) is 3.85. The van der Waals surface area contributed by atoms with Crippen LogP contribution in [0, 0.1) is 6.92 Å². The van der Waals surface area contributed by atoms with Crippen LogP contribution in [0.2, 0.25) is 0 Å². The molecule has 1 fully saturated rings. The van der Waals surface area contributed by atoms with E-state index < -0.39 is 0 Å². The van der Waals surface area contributed by atoms with Crippen molar-refractivity contribution in [2.24, 2.45) is 12.0 Å². The van der Waals surface area contributed by atoms with Crippen LogP contribution >= 0.6 is 11.3 Å². The molecule has 1 aliphatic heterocycles. The summed E-state index contributed by atoms with van der Waals surface area (Å²) in [6, 6.07) is 0. The van der Waals surface area contributed by atoms with Crippen molar-refractivity contribution in [2.45, 2.75) is 26.5 Å². The van der Waals surface area contributed by atoms with E-state index in [1.807, 2.05) is 37.2 Å². The van der Waals surface area contributed by atoms with Crippen LogP contribution in [-0.2, 0) is 18.3 Å². The van der Waals surface area contributed by atoms with Crippen LogP contribution in [-0.4, -0.2) is 51.9 Å². The number of hydrogen-bond donors (Lipinski definition) is 1. The monoisotopic (exact) mass is 348 g/mol. The highest BCUT2D eigenvalue weighted by atomic mass is 32.1. The number of nitrogens with one attached hydrogen (secondary N) is 1. The minimum atomic E-state index is 0.0296. The van der Waals surface area contributed by atoms with Gasteiger partial charge in [0, 0.05) is 43.0 Å². The number of morpholine rings is 1. The molecule has 0 amide bonds. The fourth-order valence-electron chi connectivity index (χ4n) is 2.71. The molecule has 24 heavy (non-hydrogen) atoms. The molecule has 0 bridgehead atoms. The molecule has 2 aromatic rings. The van der Waals surface area contributed by atoms with Crippen molar-refractivity contribution >= 4 is 17.3 Å². The van der Waals surface area contributed by atoms with Gasteiger partial charge in [-0.2, -0.15) is 5.10 Å². The molecule has 0 spiro atoms. The second-order valence-electron chi connectivity index (χ2n) is 5.77. The quantitative estimate of drug-likeness (QED) is 0.673. The Bertz CT molecular complexity index is 694. The zero-order valence-corrected chi connectivity index (χ0v) is 15.2. The second-order valence-corrected chi connectivity index (χ2v) is 7.09. The smallest absolute Gasteiger partial charge is 0.194 e. The number of hydrogen-bond acceptors (Lipinski definition) is 5. The van der Waals surface area contributed by atoms with E-state index in [4.69, 9.17) is 9.73 Å². The summed E-state index contributed by atoms with van der Waals surface area (Å²) in [5.74, 6) is 0.931. The molecular formula is C16H24N6OS. The van der Waals surface area contributed by atoms with Crippen molar-refractivity contribution in [3.05, 3.63) is 34.0 Å². The summed E-state index contributed by atoms with van der Waals surface area (Å²) in [7, 11) is 1.92. The summed E-state index contributed by atoms with van der Waals surface area (Å²) >= 11 is 1.69. The molecule has 130 valence electrons. The van der Waals surface area contributed by atoms with Crippen LogP contribution in [0.5, 0.6) is 0 Å². The van der Waals surface area contributed by atoms with Crippen LogP contribution < -0.4 is 5.32 Å². The Morgan fingerprint density at radius 1 is 1.50 bits per heavy atom. The first-order valence-corrected chi connectivity index (χ1v) is 9.02. The Morgan fingerprint density at radius 3 is 3.04 bits per heavy atom. The Balaban J connectivity index is 1.70. The first-order chi connectivity index (χ1) is 11.7. The topological polar surface area (TPSA) is 67.6 Å². The van der Waals surface area contributed by atoms with Crippen molar-refractivity contribution in [1.82, 2.24) is 25.0 Å². The molecule has 1 saturated heterocycles. The predicted octanol–water partition coefficient (Wildman–Crippen LogP) is 1.72. The van der Waals surface area contributed by atoms with E-state index in [0.717, 1.165) is 36.2 Å². The number of guanidine groups is 1. The van der Waals surface area contributed by atoms with Gasteiger partial charge in [-0.1, -0.05) is 0 Å². The minimum Gasteiger partial charge on any atom is -0.370 e. The number of thiazole rings is 1. The van der Waals surface area contributed by atoms with Gasteiger partial charge < -0.3 is 15.0 Å². The normalized spacial score (nSPS) is 18.9. The molecule has 1 atom stereocenters. The summed E-state index contributed by atoms with van der Waals surface area (Å²) in [4.78, 5) is 12.5. The Morgan fingerprint density at radius 2 is 2.38 bits per heavy atom. The lowest BCUT2D eigenvalue weighted by molar-refractivity contribution is -0.00805. The Kier molecular flexibility index (Phi) is 5.47. The highest BCUT2D eigenvalue weighted by Gasteiger charge is 2.25. The average molecular weight is 348 g/mol. The summed E-state index contributed by atoms with van der Waals surface area (Å²) in [5.41, 5.74) is 1.11. The average Bonchev–Trinajstić information content (AvgIpc) is 3.20. The van der Waals surface area contributed by atoms with E-state index in [9.17, 15) is 0 Å². The first kappa shape index (κ1) is 16.9. The van der Waals surface area contributed by atoms with Gasteiger partial charge in [0.2, 0.25) is 0 Å². The maximum Gasteiger partial charge on any atom is 0.194 e. The maximum absolute atomic E-state index is 5.92. The summed E-state index contributed by atoms with van der Waals surface area (Å²) in [6.45, 7) is 7.90. The zero-order valence-electron chi connectivity index (χ0n) is 14.4. The van der Waals surface area contributed by atoms with Crippen molar-refractivity contribution in [2.75, 3.05) is 26.2 Å². The molecule has 3 rings (SSSR count). The van der Waals surface area contributed by atoms with Gasteiger partial charge >= 0.3 is 0 Å². The van der Waals surface area contributed by atoms with Gasteiger partial charge in [0.05, 0.1) is 30.9 Å². The minimum absolute atomic E-state index is 0.0296. The number of aromatic nitrogens is 3. The molecule has 7 nitrogen and oxygen atoms in total. The third-order valence-corrected chi connectivity index (χ3v) is 4.75. The lowest BCUT2D eigenvalue weighted by atomic mass is 10.1. The SMILES string of the molecule is CCNC(=NCc1cnc(C)s1)N1CCOC(c2cnn(C)c2)C1. The zero-order chi connectivity index (χ0) is 16.9. The molecule has 0 aliphatic carbocycles. The molecule has 8 heteroatoms. The van der Waals surface area contributed by atoms with E-state index in [2.05, 4.69) is 27.2 Å². The largest absolute Gasteiger partial charge is 0.370 e. The molecule has 1 N–H and O–H groups in total. The highest BCUT2D eigenvalue weighted by molar-refractivity contribution is 7.11. The number of nitrogens with zero attached hydrogens (tertiary/aromatic N) is 5. The fraction of sp³-hybridized carbons (Fsp3) is 0.562. The molecule has 1 unspecified atom stereocenters. The van der Waals surface area contributed by atoms with Crippen LogP contribution in [0.15, 0.2) is 23.6 Å². The van der Waals surface area contributed by atoms with Gasteiger partial charge in [-0.25, -0.2) is 9.98 Å². The molecule has 0 saturated carbocycles. The molecule has 0 radical (unpaired) electrons. The van der Waals surface area contributed by atoms with Crippen molar-refractivity contribution in [1.29, 1.82) is 0 Å². The molecule has 0 aromatic carbocycles. The van der Waals surface area contributed by atoms with Crippen LogP contribution in [0.4, 0.5) is 0 Å². The van der Waals surface area contributed by atoms with Gasteiger partial charge in [-0.15, -0.1) is 11.3 Å². The summed E-state index contributed by atoms with van der Waals surface area (Å²) in [5, 5.41) is 8.71. The third kappa shape index (κ3) is 4.12. The maximum atomic E-state index is 5.92. The first-order valence-electron chi connectivity index (χ1n) is 8.20. The van der Waals surface area contributed by atoms with Crippen LogP contribution in [0.3, 0.4) is 0 Å². The Hall–Kier alpha value is -1.93. The van der Waals surface area contributed by atoms with E-state index in [-0.39, 0.29) is 6.10 Å². The van der Waals surface area contributed by atoms with Gasteiger partial charge in [0.15, 0.2) is 5.96 Å². The Labute approximate surface area is 146 Å². The van der Waals surface area contributed by atoms with Crippen molar-refractivity contribution in [3.8, 4) is 0 Å². The second kappa shape index (κ2) is 7.76. The van der Waals surface area contributed by atoms with Crippen LogP contribution in [0.1, 0.15) is 28.5 Å². The van der Waals surface area contributed by atoms with E-state index in [1.54, 1.807) is 11.3 Å². The van der Waals surface area contributed by atoms with Gasteiger partial charge in [-0.3, -0.25) is 4.68 Å². The number of aryl methyl sites for hydroxylation is 2. The molecule has 2 aromatic heterocycles. The molecule has 1 aliphatic rings. The van der Waals surface area contributed by atoms with E-state index in [0.29, 0.717) is 13.2 Å². The van der Waals surface area contributed by atoms with Crippen LogP contribution in [0.25, 0.3) is 0 Å². The van der Waals surface area contributed by atoms with Gasteiger partial charge in [0.25, 0.3) is 0 Å². The number of aliphatic imine (C=N–C) groups is 1. The number of ether oxygens (including phenoxy) is 1. The fourth-order valence-corrected chi connectivity index (χ4v) is 3.43.